The van der Waals surface area contributed by atoms with Crippen molar-refractivity contribution in [3.8, 4) is 10.6 Å². The molecule has 1 aromatic carbocycles. The Hall–Kier alpha value is -2.59. The molecule has 1 fully saturated rings. The third-order valence-corrected chi connectivity index (χ3v) is 4.87. The second kappa shape index (κ2) is 7.34. The quantitative estimate of drug-likeness (QED) is 0.820. The molecule has 0 spiro atoms. The van der Waals surface area contributed by atoms with Gasteiger partial charge in [0.1, 0.15) is 23.0 Å². The predicted molar refractivity (Wildman–Crippen MR) is 92.2 cm³/mol. The van der Waals surface area contributed by atoms with Crippen LogP contribution in [0.5, 0.6) is 0 Å². The van der Waals surface area contributed by atoms with E-state index in [9.17, 15) is 19.1 Å². The molecule has 1 aromatic heterocycles. The average Bonchev–Trinajstić information content (AvgIpc) is 3.20. The summed E-state index contributed by atoms with van der Waals surface area (Å²) >= 11 is 1.10. The highest BCUT2D eigenvalue weighted by Crippen LogP contribution is 2.31. The monoisotopic (exact) mass is 380 g/mol. The second-order valence-electron chi connectivity index (χ2n) is 5.84. The first-order chi connectivity index (χ1) is 12.3. The number of benzene rings is 1. The van der Waals surface area contributed by atoms with Crippen LogP contribution < -0.4 is 10.2 Å². The Bertz CT molecular complexity index is 841. The Morgan fingerprint density at radius 1 is 1.54 bits per heavy atom. The molecule has 8 nitrogen and oxygen atoms in total. The summed E-state index contributed by atoms with van der Waals surface area (Å²) < 4.78 is 19.7. The van der Waals surface area contributed by atoms with Crippen LogP contribution in [0.3, 0.4) is 0 Å². The lowest BCUT2D eigenvalue weighted by atomic mass is 10.2. The van der Waals surface area contributed by atoms with E-state index in [4.69, 9.17) is 4.74 Å². The Labute approximate surface area is 152 Å². The number of aliphatic hydroxyl groups is 1. The molecular formula is C16H17FN4O4S. The predicted octanol–water partition coefficient (Wildman–Crippen LogP) is 1.86. The van der Waals surface area contributed by atoms with Crippen molar-refractivity contribution in [2.24, 2.45) is 0 Å². The zero-order valence-electron chi connectivity index (χ0n) is 14.1. The van der Waals surface area contributed by atoms with Crippen molar-refractivity contribution in [3.63, 3.8) is 0 Å². The number of hydrogen-bond acceptors (Lipinski definition) is 7. The van der Waals surface area contributed by atoms with Gasteiger partial charge in [-0.25, -0.2) is 9.18 Å². The Morgan fingerprint density at radius 3 is 2.92 bits per heavy atom. The zero-order valence-corrected chi connectivity index (χ0v) is 14.9. The van der Waals surface area contributed by atoms with Gasteiger partial charge in [0, 0.05) is 12.5 Å². The molecule has 2 amide bonds. The van der Waals surface area contributed by atoms with Gasteiger partial charge >= 0.3 is 6.09 Å². The molecule has 3 rings (SSSR count). The van der Waals surface area contributed by atoms with Crippen molar-refractivity contribution < 1.29 is 23.8 Å². The number of nitrogens with one attached hydrogen (secondary N) is 1. The van der Waals surface area contributed by atoms with Crippen LogP contribution in [0.2, 0.25) is 0 Å². The second-order valence-corrected chi connectivity index (χ2v) is 6.85. The third kappa shape index (κ3) is 3.81. The van der Waals surface area contributed by atoms with Crippen molar-refractivity contribution >= 4 is 29.0 Å². The van der Waals surface area contributed by atoms with E-state index in [0.717, 1.165) is 11.3 Å². The molecule has 1 aliphatic rings. The van der Waals surface area contributed by atoms with E-state index in [1.807, 2.05) is 0 Å². The van der Waals surface area contributed by atoms with Crippen molar-refractivity contribution in [1.29, 1.82) is 0 Å². The number of amides is 2. The summed E-state index contributed by atoms with van der Waals surface area (Å²) in [6.07, 6.45) is -1.87. The summed E-state index contributed by atoms with van der Waals surface area (Å²) in [4.78, 5) is 24.3. The zero-order chi connectivity index (χ0) is 18.8. The highest BCUT2D eigenvalue weighted by Gasteiger charge is 2.32. The van der Waals surface area contributed by atoms with Gasteiger partial charge in [-0.15, -0.1) is 10.2 Å². The molecule has 2 heterocycles. The van der Waals surface area contributed by atoms with Gasteiger partial charge in [-0.1, -0.05) is 11.3 Å². The van der Waals surface area contributed by atoms with Gasteiger partial charge in [-0.3, -0.25) is 9.69 Å². The Morgan fingerprint density at radius 2 is 2.31 bits per heavy atom. The van der Waals surface area contributed by atoms with Crippen molar-refractivity contribution in [3.05, 3.63) is 29.0 Å². The first-order valence-corrected chi connectivity index (χ1v) is 8.70. The summed E-state index contributed by atoms with van der Waals surface area (Å²) in [6, 6.07) is 4.32. The van der Waals surface area contributed by atoms with Crippen LogP contribution in [0.4, 0.5) is 14.9 Å². The molecule has 0 radical (unpaired) electrons. The summed E-state index contributed by atoms with van der Waals surface area (Å²) in [5.41, 5.74) is 0.586. The fraction of sp³-hybridized carbons (Fsp3) is 0.375. The third-order valence-electron chi connectivity index (χ3n) is 3.75. The summed E-state index contributed by atoms with van der Waals surface area (Å²) in [5.74, 6) is -0.780. The number of aliphatic hydroxyl groups excluding tert-OH is 1. The number of nitrogens with zero attached hydrogens (tertiary/aromatic N) is 3. The fourth-order valence-corrected chi connectivity index (χ4v) is 3.26. The number of anilines is 1. The molecule has 2 N–H and O–H groups in total. The van der Waals surface area contributed by atoms with Crippen LogP contribution in [0.25, 0.3) is 10.6 Å². The molecule has 0 bridgehead atoms. The largest absolute Gasteiger partial charge is 0.442 e. The number of carbonyl (C=O) groups is 2. The molecule has 26 heavy (non-hydrogen) atoms. The number of cyclic esters (lactones) is 1. The van der Waals surface area contributed by atoms with Gasteiger partial charge in [-0.05, 0) is 25.1 Å². The van der Waals surface area contributed by atoms with E-state index in [0.29, 0.717) is 15.7 Å². The molecule has 0 aliphatic carbocycles. The minimum Gasteiger partial charge on any atom is -0.442 e. The molecule has 2 aromatic rings. The molecule has 10 heteroatoms. The van der Waals surface area contributed by atoms with Gasteiger partial charge in [0.2, 0.25) is 5.91 Å². The highest BCUT2D eigenvalue weighted by molar-refractivity contribution is 7.14. The molecule has 2 atom stereocenters. The molecular weight excluding hydrogens is 363 g/mol. The minimum absolute atomic E-state index is 0.199. The van der Waals surface area contributed by atoms with E-state index in [-0.39, 0.29) is 24.6 Å². The van der Waals surface area contributed by atoms with Gasteiger partial charge in [-0.2, -0.15) is 0 Å². The van der Waals surface area contributed by atoms with Gasteiger partial charge < -0.3 is 15.2 Å². The molecule has 0 saturated carbocycles. The van der Waals surface area contributed by atoms with E-state index in [2.05, 4.69) is 15.5 Å². The van der Waals surface area contributed by atoms with Crippen molar-refractivity contribution in [1.82, 2.24) is 15.5 Å². The molecule has 138 valence electrons. The number of carbonyl (C=O) groups excluding carboxylic acids is 2. The van der Waals surface area contributed by atoms with Crippen LogP contribution >= 0.6 is 11.3 Å². The summed E-state index contributed by atoms with van der Waals surface area (Å²) in [6.45, 7) is 3.34. The van der Waals surface area contributed by atoms with Gasteiger partial charge in [0.05, 0.1) is 18.8 Å². The molecule has 1 saturated heterocycles. The van der Waals surface area contributed by atoms with Crippen LogP contribution in [0.1, 0.15) is 25.0 Å². The number of aromatic nitrogens is 2. The fourth-order valence-electron chi connectivity index (χ4n) is 2.45. The normalized spacial score (nSPS) is 17.9. The lowest BCUT2D eigenvalue weighted by Crippen LogP contribution is -2.33. The highest BCUT2D eigenvalue weighted by atomic mass is 32.1. The van der Waals surface area contributed by atoms with E-state index < -0.39 is 24.1 Å². The maximum absolute atomic E-state index is 14.5. The topological polar surface area (TPSA) is 105 Å². The Balaban J connectivity index is 1.76. The van der Waals surface area contributed by atoms with E-state index in [1.165, 1.54) is 24.0 Å². The van der Waals surface area contributed by atoms with E-state index in [1.54, 1.807) is 13.0 Å². The smallest absolute Gasteiger partial charge is 0.414 e. The maximum atomic E-state index is 14.5. The maximum Gasteiger partial charge on any atom is 0.414 e. The first-order valence-electron chi connectivity index (χ1n) is 7.89. The van der Waals surface area contributed by atoms with Crippen molar-refractivity contribution in [2.75, 3.05) is 18.0 Å². The number of ether oxygens (including phenoxy) is 1. The number of rotatable bonds is 5. The van der Waals surface area contributed by atoms with Crippen molar-refractivity contribution in [2.45, 2.75) is 26.1 Å². The standard InChI is InChI=1S/C16H17FN4O4S/c1-8(22)14-19-20-15(26-14)12-4-3-10(5-13(12)17)21-7-11(25-16(21)24)6-18-9(2)23/h3-5,8,11,22H,6-7H2,1-2H3,(H,18,23)/t8-,11+/m1/s1. The Kier molecular flexibility index (Phi) is 5.14. The van der Waals surface area contributed by atoms with Crippen LogP contribution in [-0.4, -0.2) is 46.5 Å². The number of halogens is 1. The molecule has 1 aliphatic heterocycles. The van der Waals surface area contributed by atoms with Crippen LogP contribution in [0, 0.1) is 5.82 Å². The van der Waals surface area contributed by atoms with Gasteiger partial charge in [0.15, 0.2) is 5.01 Å². The van der Waals surface area contributed by atoms with Crippen LogP contribution in [0.15, 0.2) is 18.2 Å². The average molecular weight is 380 g/mol. The van der Waals surface area contributed by atoms with Crippen LogP contribution in [-0.2, 0) is 9.53 Å². The van der Waals surface area contributed by atoms with E-state index >= 15 is 0 Å². The first kappa shape index (κ1) is 18.2. The number of hydrogen-bond donors (Lipinski definition) is 2. The lowest BCUT2D eigenvalue weighted by Gasteiger charge is -2.14. The summed E-state index contributed by atoms with van der Waals surface area (Å²) in [7, 11) is 0. The summed E-state index contributed by atoms with van der Waals surface area (Å²) in [5, 5.41) is 20.5. The lowest BCUT2D eigenvalue weighted by molar-refractivity contribution is -0.119. The SMILES string of the molecule is CC(=O)NC[C@H]1CN(c2ccc(-c3nnc([C@@H](C)O)s3)c(F)c2)C(=O)O1. The molecule has 0 unspecified atom stereocenters. The minimum atomic E-state index is -0.775. The van der Waals surface area contributed by atoms with Gasteiger partial charge in [0.25, 0.3) is 0 Å².